The first-order chi connectivity index (χ1) is 9.11. The first-order valence-corrected chi connectivity index (χ1v) is 8.28. The van der Waals surface area contributed by atoms with Crippen molar-refractivity contribution in [2.75, 3.05) is 26.2 Å². The predicted octanol–water partition coefficient (Wildman–Crippen LogP) is 2.63. The number of hydrogen-bond acceptors (Lipinski definition) is 3. The molecule has 0 saturated carbocycles. The van der Waals surface area contributed by atoms with E-state index in [9.17, 15) is 0 Å². The van der Waals surface area contributed by atoms with E-state index in [1.165, 1.54) is 18.5 Å². The van der Waals surface area contributed by atoms with E-state index in [1.807, 2.05) is 0 Å². The molecule has 4 nitrogen and oxygen atoms in total. The molecular weight excluding hydrogens is 353 g/mol. The van der Waals surface area contributed by atoms with Crippen molar-refractivity contribution < 1.29 is 5.11 Å². The second kappa shape index (κ2) is 7.04. The standard InChI is InChI=1S/C14H24IN3O/c1-11(2)18-13(10-14(15)16-18)12-4-7-17(8-5-12)6-3-9-19/h10-12,19H,3-9H2,1-2H3. The monoisotopic (exact) mass is 377 g/mol. The van der Waals surface area contributed by atoms with E-state index in [4.69, 9.17) is 5.11 Å². The Labute approximate surface area is 129 Å². The lowest BCUT2D eigenvalue weighted by atomic mass is 9.93. The van der Waals surface area contributed by atoms with Crippen molar-refractivity contribution in [1.82, 2.24) is 14.7 Å². The molecule has 1 aliphatic rings. The number of nitrogens with zero attached hydrogens (tertiary/aromatic N) is 3. The van der Waals surface area contributed by atoms with Gasteiger partial charge in [0.2, 0.25) is 0 Å². The predicted molar refractivity (Wildman–Crippen MR) is 85.4 cm³/mol. The Kier molecular flexibility index (Phi) is 5.65. The smallest absolute Gasteiger partial charge is 0.123 e. The normalized spacial score (nSPS) is 18.4. The Balaban J connectivity index is 1.97. The van der Waals surface area contributed by atoms with E-state index < -0.39 is 0 Å². The molecule has 0 unspecified atom stereocenters. The van der Waals surface area contributed by atoms with Gasteiger partial charge in [-0.1, -0.05) is 0 Å². The topological polar surface area (TPSA) is 41.3 Å². The van der Waals surface area contributed by atoms with Crippen molar-refractivity contribution >= 4 is 22.6 Å². The summed E-state index contributed by atoms with van der Waals surface area (Å²) in [5, 5.41) is 13.5. The molecule has 1 N–H and O–H groups in total. The molecule has 1 aromatic heterocycles. The van der Waals surface area contributed by atoms with E-state index in [2.05, 4.69) is 57.2 Å². The molecule has 0 aromatic carbocycles. The molecule has 5 heteroatoms. The quantitative estimate of drug-likeness (QED) is 0.803. The van der Waals surface area contributed by atoms with Crippen LogP contribution in [0.2, 0.25) is 0 Å². The van der Waals surface area contributed by atoms with E-state index >= 15 is 0 Å². The minimum absolute atomic E-state index is 0.304. The molecule has 1 aromatic rings. The number of aliphatic hydroxyl groups excluding tert-OH is 1. The maximum atomic E-state index is 8.89. The van der Waals surface area contributed by atoms with Crippen LogP contribution in [0.25, 0.3) is 0 Å². The van der Waals surface area contributed by atoms with Gasteiger partial charge in [-0.3, -0.25) is 4.68 Å². The molecule has 0 bridgehead atoms. The number of piperidine rings is 1. The van der Waals surface area contributed by atoms with Crippen LogP contribution in [0.3, 0.4) is 0 Å². The van der Waals surface area contributed by atoms with Gasteiger partial charge in [-0.15, -0.1) is 0 Å². The zero-order valence-corrected chi connectivity index (χ0v) is 14.0. The zero-order chi connectivity index (χ0) is 13.8. The Morgan fingerprint density at radius 2 is 2.11 bits per heavy atom. The maximum absolute atomic E-state index is 8.89. The lowest BCUT2D eigenvalue weighted by Gasteiger charge is -2.32. The van der Waals surface area contributed by atoms with E-state index in [-0.39, 0.29) is 0 Å². The fraction of sp³-hybridized carbons (Fsp3) is 0.786. The number of hydrogen-bond donors (Lipinski definition) is 1. The summed E-state index contributed by atoms with van der Waals surface area (Å²) in [5.74, 6) is 0.642. The van der Waals surface area contributed by atoms with Gasteiger partial charge in [0, 0.05) is 30.8 Å². The van der Waals surface area contributed by atoms with Crippen LogP contribution in [0.5, 0.6) is 0 Å². The first kappa shape index (κ1) is 15.3. The number of aromatic nitrogens is 2. The third-order valence-electron chi connectivity index (χ3n) is 3.86. The van der Waals surface area contributed by atoms with Gasteiger partial charge in [0.1, 0.15) is 3.70 Å². The Hall–Kier alpha value is -0.140. The summed E-state index contributed by atoms with van der Waals surface area (Å²) in [5.41, 5.74) is 1.40. The van der Waals surface area contributed by atoms with Crippen molar-refractivity contribution in [3.8, 4) is 0 Å². The fourth-order valence-electron chi connectivity index (χ4n) is 2.84. The third kappa shape index (κ3) is 3.92. The Morgan fingerprint density at radius 3 is 2.68 bits per heavy atom. The van der Waals surface area contributed by atoms with Crippen molar-refractivity contribution in [2.45, 2.75) is 45.1 Å². The van der Waals surface area contributed by atoms with Gasteiger partial charge in [-0.2, -0.15) is 5.10 Å². The Bertz CT molecular complexity index is 397. The number of halogens is 1. The lowest BCUT2D eigenvalue weighted by molar-refractivity contribution is 0.185. The molecular formula is C14H24IN3O. The highest BCUT2D eigenvalue weighted by Crippen LogP contribution is 2.30. The molecule has 2 rings (SSSR count). The van der Waals surface area contributed by atoms with E-state index in [0.29, 0.717) is 18.6 Å². The molecule has 2 heterocycles. The molecule has 0 amide bonds. The molecule has 19 heavy (non-hydrogen) atoms. The van der Waals surface area contributed by atoms with Crippen LogP contribution in [0.4, 0.5) is 0 Å². The summed E-state index contributed by atoms with van der Waals surface area (Å²) in [7, 11) is 0. The Morgan fingerprint density at radius 1 is 1.42 bits per heavy atom. The van der Waals surface area contributed by atoms with Crippen molar-refractivity contribution in [3.63, 3.8) is 0 Å². The van der Waals surface area contributed by atoms with Gasteiger partial charge in [0.25, 0.3) is 0 Å². The van der Waals surface area contributed by atoms with Crippen LogP contribution < -0.4 is 0 Å². The molecule has 0 aliphatic carbocycles. The summed E-state index contributed by atoms with van der Waals surface area (Å²) in [4.78, 5) is 2.47. The average molecular weight is 377 g/mol. The second-order valence-electron chi connectivity index (χ2n) is 5.62. The van der Waals surface area contributed by atoms with Crippen molar-refractivity contribution in [1.29, 1.82) is 0 Å². The van der Waals surface area contributed by atoms with Crippen LogP contribution >= 0.6 is 22.6 Å². The SMILES string of the molecule is CC(C)n1nc(I)cc1C1CCN(CCCO)CC1. The van der Waals surface area contributed by atoms with Crippen molar-refractivity contribution in [3.05, 3.63) is 15.5 Å². The fourth-order valence-corrected chi connectivity index (χ4v) is 3.39. The maximum Gasteiger partial charge on any atom is 0.123 e. The van der Waals surface area contributed by atoms with E-state index in [1.54, 1.807) is 0 Å². The second-order valence-corrected chi connectivity index (χ2v) is 6.73. The van der Waals surface area contributed by atoms with Gasteiger partial charge >= 0.3 is 0 Å². The number of rotatable bonds is 5. The zero-order valence-electron chi connectivity index (χ0n) is 11.8. The minimum Gasteiger partial charge on any atom is -0.396 e. The van der Waals surface area contributed by atoms with Crippen LogP contribution in [0.1, 0.15) is 50.8 Å². The average Bonchev–Trinajstić information content (AvgIpc) is 2.79. The van der Waals surface area contributed by atoms with Gasteiger partial charge in [0.05, 0.1) is 0 Å². The van der Waals surface area contributed by atoms with Gasteiger partial charge < -0.3 is 10.0 Å². The molecule has 1 saturated heterocycles. The van der Waals surface area contributed by atoms with Crippen LogP contribution in [0.15, 0.2) is 6.07 Å². The molecule has 0 atom stereocenters. The first-order valence-electron chi connectivity index (χ1n) is 7.20. The minimum atomic E-state index is 0.304. The molecule has 0 radical (unpaired) electrons. The lowest BCUT2D eigenvalue weighted by Crippen LogP contribution is -2.34. The number of likely N-dealkylation sites (tertiary alicyclic amines) is 1. The molecule has 0 spiro atoms. The summed E-state index contributed by atoms with van der Waals surface area (Å²) < 4.78 is 3.29. The highest BCUT2D eigenvalue weighted by Gasteiger charge is 2.24. The highest BCUT2D eigenvalue weighted by atomic mass is 127. The summed E-state index contributed by atoms with van der Waals surface area (Å²) in [6.07, 6.45) is 3.31. The van der Waals surface area contributed by atoms with Crippen molar-refractivity contribution in [2.24, 2.45) is 0 Å². The van der Waals surface area contributed by atoms with Gasteiger partial charge in [0.15, 0.2) is 0 Å². The molecule has 108 valence electrons. The van der Waals surface area contributed by atoms with Gasteiger partial charge in [-0.25, -0.2) is 0 Å². The third-order valence-corrected chi connectivity index (χ3v) is 4.39. The van der Waals surface area contributed by atoms with Crippen LogP contribution in [-0.4, -0.2) is 46.0 Å². The number of aliphatic hydroxyl groups is 1. The van der Waals surface area contributed by atoms with Crippen LogP contribution in [0, 0.1) is 3.70 Å². The van der Waals surface area contributed by atoms with E-state index in [0.717, 1.165) is 29.8 Å². The molecule has 1 aliphatic heterocycles. The molecule has 1 fully saturated rings. The highest BCUT2D eigenvalue weighted by molar-refractivity contribution is 14.1. The van der Waals surface area contributed by atoms with Gasteiger partial charge in [-0.05, 0) is 74.9 Å². The largest absolute Gasteiger partial charge is 0.396 e. The van der Waals surface area contributed by atoms with Crippen LogP contribution in [-0.2, 0) is 0 Å². The summed E-state index contributed by atoms with van der Waals surface area (Å²) in [6, 6.07) is 2.68. The summed E-state index contributed by atoms with van der Waals surface area (Å²) >= 11 is 2.31. The summed E-state index contributed by atoms with van der Waals surface area (Å²) in [6.45, 7) is 8.02.